The number of carbonyl (C=O) groups excluding carboxylic acids is 3. The molecule has 0 aromatic heterocycles. The second kappa shape index (κ2) is 7.03. The summed E-state index contributed by atoms with van der Waals surface area (Å²) in [5.41, 5.74) is 0.368. The molecule has 1 heterocycles. The largest absolute Gasteiger partial charge is 0.465 e. The van der Waals surface area contributed by atoms with Gasteiger partial charge in [-0.1, -0.05) is 26.0 Å². The van der Waals surface area contributed by atoms with Crippen molar-refractivity contribution in [2.75, 3.05) is 7.11 Å². The Morgan fingerprint density at radius 3 is 2.42 bits per heavy atom. The highest BCUT2D eigenvalue weighted by molar-refractivity contribution is 6.06. The van der Waals surface area contributed by atoms with Crippen LogP contribution in [0.1, 0.15) is 49.5 Å². The molecule has 1 saturated heterocycles. The van der Waals surface area contributed by atoms with Gasteiger partial charge in [-0.3, -0.25) is 9.69 Å². The second-order valence-corrected chi connectivity index (χ2v) is 6.77. The Labute approximate surface area is 142 Å². The molecule has 1 N–H and O–H groups in total. The minimum absolute atomic E-state index is 0.184. The number of amides is 3. The van der Waals surface area contributed by atoms with E-state index >= 15 is 0 Å². The summed E-state index contributed by atoms with van der Waals surface area (Å²) in [5, 5.41) is 2.81. The summed E-state index contributed by atoms with van der Waals surface area (Å²) in [6.07, 6.45) is 1.48. The molecule has 0 aliphatic carbocycles. The lowest BCUT2D eigenvalue weighted by atomic mass is 9.92. The Morgan fingerprint density at radius 2 is 1.88 bits per heavy atom. The van der Waals surface area contributed by atoms with Crippen molar-refractivity contribution >= 4 is 17.9 Å². The summed E-state index contributed by atoms with van der Waals surface area (Å²) in [4.78, 5) is 37.5. The number of esters is 1. The van der Waals surface area contributed by atoms with Gasteiger partial charge in [-0.15, -0.1) is 0 Å². The number of hydrogen-bond donors (Lipinski definition) is 1. The lowest BCUT2D eigenvalue weighted by Crippen LogP contribution is -2.44. The number of hydrogen-bond acceptors (Lipinski definition) is 4. The van der Waals surface area contributed by atoms with E-state index < -0.39 is 11.5 Å². The van der Waals surface area contributed by atoms with Crippen molar-refractivity contribution < 1.29 is 19.1 Å². The molecule has 6 heteroatoms. The number of carbonyl (C=O) groups is 3. The van der Waals surface area contributed by atoms with Gasteiger partial charge >= 0.3 is 12.0 Å². The van der Waals surface area contributed by atoms with Crippen LogP contribution in [0.5, 0.6) is 0 Å². The van der Waals surface area contributed by atoms with Crippen molar-refractivity contribution in [2.24, 2.45) is 5.92 Å². The number of ether oxygens (including phenoxy) is 1. The van der Waals surface area contributed by atoms with E-state index in [1.165, 1.54) is 12.0 Å². The quantitative estimate of drug-likeness (QED) is 0.642. The molecule has 1 aromatic rings. The fourth-order valence-corrected chi connectivity index (χ4v) is 2.68. The van der Waals surface area contributed by atoms with Gasteiger partial charge in [0.2, 0.25) is 0 Å². The Balaban J connectivity index is 2.08. The number of urea groups is 1. The Bertz CT molecular complexity index is 639. The van der Waals surface area contributed by atoms with E-state index in [2.05, 4.69) is 23.9 Å². The van der Waals surface area contributed by atoms with Crippen LogP contribution in [-0.4, -0.2) is 35.5 Å². The van der Waals surface area contributed by atoms with Gasteiger partial charge in [-0.2, -0.15) is 0 Å². The van der Waals surface area contributed by atoms with E-state index in [1.807, 2.05) is 0 Å². The summed E-state index contributed by atoms with van der Waals surface area (Å²) < 4.78 is 4.65. The molecule has 130 valence electrons. The normalized spacial score (nSPS) is 20.5. The van der Waals surface area contributed by atoms with Gasteiger partial charge in [0, 0.05) is 0 Å². The maximum absolute atomic E-state index is 12.6. The number of imide groups is 1. The molecular formula is C18H24N2O4. The Morgan fingerprint density at radius 1 is 1.25 bits per heavy atom. The van der Waals surface area contributed by atoms with E-state index in [9.17, 15) is 14.4 Å². The zero-order chi connectivity index (χ0) is 17.9. The molecular weight excluding hydrogens is 308 g/mol. The number of methoxy groups -OCH3 is 1. The lowest BCUT2D eigenvalue weighted by Gasteiger charge is -2.22. The highest BCUT2D eigenvalue weighted by atomic mass is 16.5. The molecule has 0 spiro atoms. The minimum atomic E-state index is -0.840. The molecule has 0 saturated carbocycles. The summed E-state index contributed by atoms with van der Waals surface area (Å²) in [6.45, 7) is 6.13. The summed E-state index contributed by atoms with van der Waals surface area (Å²) in [7, 11) is 1.32. The third kappa shape index (κ3) is 3.75. The number of benzene rings is 1. The molecule has 1 fully saturated rings. The van der Waals surface area contributed by atoms with Gasteiger partial charge in [0.05, 0.1) is 19.2 Å². The van der Waals surface area contributed by atoms with E-state index in [1.54, 1.807) is 31.2 Å². The third-order valence-corrected chi connectivity index (χ3v) is 4.28. The Hall–Kier alpha value is -2.37. The maximum atomic E-state index is 12.6. The average molecular weight is 332 g/mol. The first-order chi connectivity index (χ1) is 11.3. The highest BCUT2D eigenvalue weighted by Crippen LogP contribution is 2.26. The van der Waals surface area contributed by atoms with E-state index in [-0.39, 0.29) is 18.5 Å². The zero-order valence-electron chi connectivity index (χ0n) is 14.6. The fraction of sp³-hybridized carbons (Fsp3) is 0.500. The molecule has 6 nitrogen and oxygen atoms in total. The summed E-state index contributed by atoms with van der Waals surface area (Å²) in [6, 6.07) is 6.31. The van der Waals surface area contributed by atoms with Crippen molar-refractivity contribution in [3.63, 3.8) is 0 Å². The average Bonchev–Trinajstić information content (AvgIpc) is 2.77. The zero-order valence-corrected chi connectivity index (χ0v) is 14.6. The number of nitrogens with zero attached hydrogens (tertiary/aromatic N) is 1. The molecule has 1 aliphatic heterocycles. The van der Waals surface area contributed by atoms with Crippen LogP contribution in [-0.2, 0) is 16.1 Å². The first-order valence-electron chi connectivity index (χ1n) is 8.08. The molecule has 24 heavy (non-hydrogen) atoms. The molecule has 0 bridgehead atoms. The van der Waals surface area contributed by atoms with Gasteiger partial charge in [-0.25, -0.2) is 9.59 Å². The van der Waals surface area contributed by atoms with Gasteiger partial charge in [-0.05, 0) is 43.4 Å². The SMILES string of the molecule is COC(=O)c1ccc(CN2C(=O)N[C@@](C)(CCC(C)C)C2=O)cc1. The molecule has 2 rings (SSSR count). The smallest absolute Gasteiger partial charge is 0.337 e. The first kappa shape index (κ1) is 18.0. The summed E-state index contributed by atoms with van der Waals surface area (Å²) >= 11 is 0. The maximum Gasteiger partial charge on any atom is 0.337 e. The van der Waals surface area contributed by atoms with Gasteiger partial charge in [0.1, 0.15) is 5.54 Å². The third-order valence-electron chi connectivity index (χ3n) is 4.28. The van der Waals surface area contributed by atoms with Crippen LogP contribution >= 0.6 is 0 Å². The van der Waals surface area contributed by atoms with Gasteiger partial charge < -0.3 is 10.1 Å². The fourth-order valence-electron chi connectivity index (χ4n) is 2.68. The molecule has 0 unspecified atom stereocenters. The second-order valence-electron chi connectivity index (χ2n) is 6.77. The van der Waals surface area contributed by atoms with Crippen molar-refractivity contribution in [3.8, 4) is 0 Å². The first-order valence-corrected chi connectivity index (χ1v) is 8.08. The van der Waals surface area contributed by atoms with Crippen molar-refractivity contribution in [1.82, 2.24) is 10.2 Å². The number of rotatable bonds is 6. The molecule has 1 aromatic carbocycles. The predicted molar refractivity (Wildman–Crippen MR) is 89.3 cm³/mol. The topological polar surface area (TPSA) is 75.7 Å². The van der Waals surface area contributed by atoms with E-state index in [0.717, 1.165) is 12.0 Å². The summed E-state index contributed by atoms with van der Waals surface area (Å²) in [5.74, 6) is -0.158. The van der Waals surface area contributed by atoms with Gasteiger partial charge in [0.15, 0.2) is 0 Å². The van der Waals surface area contributed by atoms with Crippen LogP contribution in [0, 0.1) is 5.92 Å². The predicted octanol–water partition coefficient (Wildman–Crippen LogP) is 2.72. The van der Waals surface area contributed by atoms with Crippen LogP contribution in [0.2, 0.25) is 0 Å². The highest BCUT2D eigenvalue weighted by Gasteiger charge is 2.47. The molecule has 3 amide bonds. The molecule has 1 atom stereocenters. The Kier molecular flexibility index (Phi) is 5.26. The van der Waals surface area contributed by atoms with E-state index in [0.29, 0.717) is 17.9 Å². The van der Waals surface area contributed by atoms with Gasteiger partial charge in [0.25, 0.3) is 5.91 Å². The monoisotopic (exact) mass is 332 g/mol. The van der Waals surface area contributed by atoms with E-state index in [4.69, 9.17) is 0 Å². The number of nitrogens with one attached hydrogen (secondary N) is 1. The van der Waals surface area contributed by atoms with Crippen LogP contribution in [0.15, 0.2) is 24.3 Å². The van der Waals surface area contributed by atoms with Crippen LogP contribution in [0.4, 0.5) is 4.79 Å². The van der Waals surface area contributed by atoms with Crippen molar-refractivity contribution in [2.45, 2.75) is 45.7 Å². The van der Waals surface area contributed by atoms with Crippen LogP contribution in [0.25, 0.3) is 0 Å². The molecule has 0 radical (unpaired) electrons. The van der Waals surface area contributed by atoms with Crippen molar-refractivity contribution in [3.05, 3.63) is 35.4 Å². The van der Waals surface area contributed by atoms with Crippen LogP contribution in [0.3, 0.4) is 0 Å². The standard InChI is InChI=1S/C18H24N2O4/c1-12(2)9-10-18(3)16(22)20(17(23)19-18)11-13-5-7-14(8-6-13)15(21)24-4/h5-8,12H,9-11H2,1-4H3,(H,19,23)/t18-/m0/s1. The van der Waals surface area contributed by atoms with Crippen molar-refractivity contribution in [1.29, 1.82) is 0 Å². The minimum Gasteiger partial charge on any atom is -0.465 e. The van der Waals surface area contributed by atoms with Crippen LogP contribution < -0.4 is 5.32 Å². The molecule has 1 aliphatic rings. The lowest BCUT2D eigenvalue weighted by molar-refractivity contribution is -0.131.